The first kappa shape index (κ1) is 21.1. The highest BCUT2D eigenvalue weighted by molar-refractivity contribution is 6.00. The number of rotatable bonds is 5. The van der Waals surface area contributed by atoms with E-state index >= 15 is 0 Å². The van der Waals surface area contributed by atoms with Crippen LogP contribution in [-0.2, 0) is 6.42 Å². The Bertz CT molecular complexity index is 1230. The van der Waals surface area contributed by atoms with Crippen molar-refractivity contribution in [3.05, 3.63) is 84.7 Å². The number of aromatic nitrogens is 2. The molecule has 2 aromatic heterocycles. The van der Waals surface area contributed by atoms with Crippen LogP contribution in [0.4, 0.5) is 15.3 Å². The van der Waals surface area contributed by atoms with Gasteiger partial charge < -0.3 is 15.5 Å². The molecule has 0 atom stereocenters. The topological polar surface area (TPSA) is 79.3 Å². The fourth-order valence-electron chi connectivity index (χ4n) is 3.57. The molecule has 4 aromatic rings. The maximum atomic E-state index is 12.9. The van der Waals surface area contributed by atoms with Gasteiger partial charge in [-0.25, -0.2) is 9.59 Å². The number of fused-ring (bicyclic) bond motifs is 1. The standard InChI is InChI=1S/C25H25N5O2/c1-29(2)25(32)30-22-9-8-21(16-20(22)17-23(30)19-6-4-3-5-7-19)28-24(31)27-15-12-18-10-13-26-14-11-18/h3-11,13-14,16-17H,12,15H2,1-2H3,(H2,27,28,31). The maximum absolute atomic E-state index is 12.9. The molecular formula is C25H25N5O2. The summed E-state index contributed by atoms with van der Waals surface area (Å²) in [5.41, 5.74) is 4.31. The summed E-state index contributed by atoms with van der Waals surface area (Å²) in [6, 6.07) is 20.7. The van der Waals surface area contributed by atoms with Crippen LogP contribution >= 0.6 is 0 Å². The molecule has 32 heavy (non-hydrogen) atoms. The summed E-state index contributed by atoms with van der Waals surface area (Å²) in [5.74, 6) is 0. The fraction of sp³-hybridized carbons (Fsp3) is 0.160. The molecule has 2 heterocycles. The average Bonchev–Trinajstić information content (AvgIpc) is 3.18. The molecule has 0 fully saturated rings. The summed E-state index contributed by atoms with van der Waals surface area (Å²) in [6.45, 7) is 0.518. The molecule has 0 saturated carbocycles. The van der Waals surface area contributed by atoms with Gasteiger partial charge in [-0.15, -0.1) is 0 Å². The monoisotopic (exact) mass is 427 g/mol. The molecule has 7 heteroatoms. The lowest BCUT2D eigenvalue weighted by Crippen LogP contribution is -2.30. The lowest BCUT2D eigenvalue weighted by Gasteiger charge is -2.15. The van der Waals surface area contributed by atoms with Crippen LogP contribution < -0.4 is 10.6 Å². The molecule has 2 N–H and O–H groups in total. The third-order valence-electron chi connectivity index (χ3n) is 5.15. The Labute approximate surface area is 186 Å². The SMILES string of the molecule is CN(C)C(=O)n1c(-c2ccccc2)cc2cc(NC(=O)NCCc3ccncc3)ccc21. The van der Waals surface area contributed by atoms with Crippen LogP contribution in [0.1, 0.15) is 5.56 Å². The van der Waals surface area contributed by atoms with Crippen molar-refractivity contribution in [2.24, 2.45) is 0 Å². The minimum absolute atomic E-state index is 0.131. The number of anilines is 1. The highest BCUT2D eigenvalue weighted by Gasteiger charge is 2.18. The van der Waals surface area contributed by atoms with Crippen LogP contribution in [0.25, 0.3) is 22.2 Å². The Morgan fingerprint density at radius 2 is 1.72 bits per heavy atom. The van der Waals surface area contributed by atoms with Gasteiger partial charge in [0.2, 0.25) is 0 Å². The molecule has 4 rings (SSSR count). The van der Waals surface area contributed by atoms with Gasteiger partial charge in [-0.3, -0.25) is 9.55 Å². The van der Waals surface area contributed by atoms with Gasteiger partial charge in [-0.2, -0.15) is 0 Å². The Morgan fingerprint density at radius 3 is 2.44 bits per heavy atom. The van der Waals surface area contributed by atoms with E-state index in [4.69, 9.17) is 0 Å². The van der Waals surface area contributed by atoms with Gasteiger partial charge in [-0.05, 0) is 53.9 Å². The van der Waals surface area contributed by atoms with E-state index in [0.717, 1.165) is 34.1 Å². The molecule has 3 amide bonds. The first-order valence-electron chi connectivity index (χ1n) is 10.4. The number of carbonyl (C=O) groups is 2. The molecule has 0 aliphatic heterocycles. The normalized spacial score (nSPS) is 10.7. The highest BCUT2D eigenvalue weighted by atomic mass is 16.2. The van der Waals surface area contributed by atoms with E-state index in [-0.39, 0.29) is 12.1 Å². The van der Waals surface area contributed by atoms with Crippen LogP contribution in [0.5, 0.6) is 0 Å². The molecule has 0 aliphatic rings. The Morgan fingerprint density at radius 1 is 0.969 bits per heavy atom. The summed E-state index contributed by atoms with van der Waals surface area (Å²) in [7, 11) is 3.46. The molecule has 0 aliphatic carbocycles. The third kappa shape index (κ3) is 4.62. The number of carbonyl (C=O) groups excluding carboxylic acids is 2. The number of nitrogens with zero attached hydrogens (tertiary/aromatic N) is 3. The van der Waals surface area contributed by atoms with Crippen molar-refractivity contribution < 1.29 is 9.59 Å². The van der Waals surface area contributed by atoms with E-state index in [1.165, 1.54) is 0 Å². The second kappa shape index (κ2) is 9.34. The summed E-state index contributed by atoms with van der Waals surface area (Å²) in [5, 5.41) is 6.61. The largest absolute Gasteiger partial charge is 0.338 e. The molecule has 162 valence electrons. The maximum Gasteiger partial charge on any atom is 0.328 e. The molecule has 0 bridgehead atoms. The van der Waals surface area contributed by atoms with Crippen molar-refractivity contribution in [1.82, 2.24) is 19.8 Å². The highest BCUT2D eigenvalue weighted by Crippen LogP contribution is 2.30. The van der Waals surface area contributed by atoms with Crippen LogP contribution in [0, 0.1) is 0 Å². The smallest absolute Gasteiger partial charge is 0.328 e. The van der Waals surface area contributed by atoms with Crippen LogP contribution in [0.2, 0.25) is 0 Å². The van der Waals surface area contributed by atoms with Gasteiger partial charge >= 0.3 is 12.1 Å². The van der Waals surface area contributed by atoms with Crippen molar-refractivity contribution in [3.63, 3.8) is 0 Å². The van der Waals surface area contributed by atoms with Gasteiger partial charge in [0.05, 0.1) is 11.2 Å². The van der Waals surface area contributed by atoms with Crippen molar-refractivity contribution in [3.8, 4) is 11.3 Å². The molecular weight excluding hydrogens is 402 g/mol. The van der Waals surface area contributed by atoms with Gasteiger partial charge in [0.1, 0.15) is 0 Å². The predicted octanol–water partition coefficient (Wildman–Crippen LogP) is 4.60. The zero-order chi connectivity index (χ0) is 22.5. The van der Waals surface area contributed by atoms with Crippen LogP contribution in [0.3, 0.4) is 0 Å². The van der Waals surface area contributed by atoms with Gasteiger partial charge in [-0.1, -0.05) is 30.3 Å². The van der Waals surface area contributed by atoms with Crippen LogP contribution in [0.15, 0.2) is 79.1 Å². The van der Waals surface area contributed by atoms with Gasteiger partial charge in [0.25, 0.3) is 0 Å². The molecule has 2 aromatic carbocycles. The Kier molecular flexibility index (Phi) is 6.17. The van der Waals surface area contributed by atoms with Gasteiger partial charge in [0.15, 0.2) is 0 Å². The number of amides is 3. The van der Waals surface area contributed by atoms with Crippen molar-refractivity contribution >= 4 is 28.7 Å². The molecule has 0 spiro atoms. The zero-order valence-corrected chi connectivity index (χ0v) is 18.1. The van der Waals surface area contributed by atoms with Crippen LogP contribution in [-0.4, -0.2) is 47.2 Å². The molecule has 0 unspecified atom stereocenters. The number of urea groups is 1. The minimum Gasteiger partial charge on any atom is -0.338 e. The summed E-state index contributed by atoms with van der Waals surface area (Å²) in [6.07, 6.45) is 4.20. The Balaban J connectivity index is 1.54. The van der Waals surface area contributed by atoms with Crippen molar-refractivity contribution in [1.29, 1.82) is 0 Å². The first-order chi connectivity index (χ1) is 15.5. The number of pyridine rings is 1. The third-order valence-corrected chi connectivity index (χ3v) is 5.15. The summed E-state index contributed by atoms with van der Waals surface area (Å²) >= 11 is 0. The fourth-order valence-corrected chi connectivity index (χ4v) is 3.57. The van der Waals surface area contributed by atoms with Crippen molar-refractivity contribution in [2.75, 3.05) is 26.0 Å². The van der Waals surface area contributed by atoms with E-state index in [1.54, 1.807) is 42.0 Å². The lowest BCUT2D eigenvalue weighted by molar-refractivity contribution is 0.220. The quantitative estimate of drug-likeness (QED) is 0.489. The second-order valence-corrected chi connectivity index (χ2v) is 7.67. The Hall–Kier alpha value is -4.13. The average molecular weight is 428 g/mol. The number of nitrogens with one attached hydrogen (secondary N) is 2. The van der Waals surface area contributed by atoms with Gasteiger partial charge in [0, 0.05) is 44.1 Å². The molecule has 7 nitrogen and oxygen atoms in total. The minimum atomic E-state index is -0.273. The molecule has 0 saturated heterocycles. The zero-order valence-electron chi connectivity index (χ0n) is 18.1. The first-order valence-corrected chi connectivity index (χ1v) is 10.4. The second-order valence-electron chi connectivity index (χ2n) is 7.67. The van der Waals surface area contributed by atoms with E-state index < -0.39 is 0 Å². The van der Waals surface area contributed by atoms with Crippen molar-refractivity contribution in [2.45, 2.75) is 6.42 Å². The predicted molar refractivity (Wildman–Crippen MR) is 127 cm³/mol. The number of benzene rings is 2. The molecule has 0 radical (unpaired) electrons. The number of hydrogen-bond donors (Lipinski definition) is 2. The van der Waals surface area contributed by atoms with E-state index in [9.17, 15) is 9.59 Å². The summed E-state index contributed by atoms with van der Waals surface area (Å²) in [4.78, 5) is 30.8. The van der Waals surface area contributed by atoms with E-state index in [1.807, 2.05) is 60.7 Å². The summed E-state index contributed by atoms with van der Waals surface area (Å²) < 4.78 is 1.70. The van der Waals surface area contributed by atoms with E-state index in [0.29, 0.717) is 12.2 Å². The number of hydrogen-bond acceptors (Lipinski definition) is 3. The van der Waals surface area contributed by atoms with E-state index in [2.05, 4.69) is 15.6 Å². The lowest BCUT2D eigenvalue weighted by atomic mass is 10.1.